The van der Waals surface area contributed by atoms with E-state index >= 15 is 0 Å². The predicted octanol–water partition coefficient (Wildman–Crippen LogP) is 1.30. The lowest BCUT2D eigenvalue weighted by Crippen LogP contribution is -2.47. The number of hydrogen-bond donors (Lipinski definition) is 2. The number of nitrogens with one attached hydrogen (secondary N) is 2. The fourth-order valence-electron chi connectivity index (χ4n) is 3.52. The summed E-state index contributed by atoms with van der Waals surface area (Å²) in [6, 6.07) is 0. The maximum atomic E-state index is 12.2. The van der Waals surface area contributed by atoms with Crippen molar-refractivity contribution >= 4 is 23.0 Å². The summed E-state index contributed by atoms with van der Waals surface area (Å²) in [5, 5.41) is 2.79. The Balaban J connectivity index is 1.77. The number of H-pyrrole nitrogens is 1. The van der Waals surface area contributed by atoms with E-state index in [1.807, 2.05) is 6.92 Å². The highest BCUT2D eigenvalue weighted by atomic mass is 16.5. The van der Waals surface area contributed by atoms with Crippen LogP contribution in [0.1, 0.15) is 29.4 Å². The molecule has 0 aromatic carbocycles. The van der Waals surface area contributed by atoms with Crippen molar-refractivity contribution in [3.05, 3.63) is 36.3 Å². The number of ether oxygens (including phenoxy) is 1. The van der Waals surface area contributed by atoms with Crippen molar-refractivity contribution in [2.24, 2.45) is 5.92 Å². The molecule has 3 heterocycles. The number of amides is 2. The molecule has 0 unspecified atom stereocenters. The molecular formula is C19H25N5O3. The highest BCUT2D eigenvalue weighted by Gasteiger charge is 2.31. The smallest absolute Gasteiger partial charge is 0.255 e. The van der Waals surface area contributed by atoms with Crippen molar-refractivity contribution in [3.8, 4) is 0 Å². The number of aromatic nitrogens is 3. The molecule has 2 aromatic heterocycles. The molecule has 8 nitrogen and oxygen atoms in total. The van der Waals surface area contributed by atoms with Gasteiger partial charge >= 0.3 is 0 Å². The summed E-state index contributed by atoms with van der Waals surface area (Å²) in [4.78, 5) is 37.8. The summed E-state index contributed by atoms with van der Waals surface area (Å²) in [6.45, 7) is 7.18. The van der Waals surface area contributed by atoms with Gasteiger partial charge in [0, 0.05) is 32.9 Å². The molecule has 8 heteroatoms. The third-order valence-corrected chi connectivity index (χ3v) is 4.97. The van der Waals surface area contributed by atoms with Crippen molar-refractivity contribution in [3.63, 3.8) is 0 Å². The molecular weight excluding hydrogens is 346 g/mol. The van der Waals surface area contributed by atoms with Gasteiger partial charge in [-0.05, 0) is 31.8 Å². The van der Waals surface area contributed by atoms with Gasteiger partial charge in [-0.2, -0.15) is 0 Å². The first-order valence-electron chi connectivity index (χ1n) is 9.12. The fraction of sp³-hybridized carbons (Fsp3) is 0.474. The van der Waals surface area contributed by atoms with Crippen LogP contribution < -0.4 is 5.32 Å². The van der Waals surface area contributed by atoms with Crippen LogP contribution in [0.5, 0.6) is 0 Å². The normalized spacial score (nSPS) is 19.9. The second kappa shape index (κ2) is 8.30. The molecule has 27 heavy (non-hydrogen) atoms. The Kier molecular flexibility index (Phi) is 5.85. The minimum absolute atomic E-state index is 0.0735. The zero-order valence-corrected chi connectivity index (χ0v) is 15.7. The lowest BCUT2D eigenvalue weighted by molar-refractivity contribution is -0.131. The van der Waals surface area contributed by atoms with Crippen molar-refractivity contribution in [2.45, 2.75) is 25.9 Å². The van der Waals surface area contributed by atoms with Crippen LogP contribution in [-0.2, 0) is 16.0 Å². The van der Waals surface area contributed by atoms with E-state index in [4.69, 9.17) is 4.74 Å². The first-order chi connectivity index (χ1) is 13.1. The Hall–Kier alpha value is -2.74. The molecule has 0 spiro atoms. The molecule has 144 valence electrons. The first-order valence-corrected chi connectivity index (χ1v) is 9.12. The topological polar surface area (TPSA) is 100 Å². The number of piperidine rings is 1. The summed E-state index contributed by atoms with van der Waals surface area (Å²) in [6.07, 6.45) is 6.12. The van der Waals surface area contributed by atoms with Crippen LogP contribution >= 0.6 is 0 Å². The van der Waals surface area contributed by atoms with Gasteiger partial charge in [-0.1, -0.05) is 6.58 Å². The maximum absolute atomic E-state index is 12.2. The average Bonchev–Trinajstić information content (AvgIpc) is 3.11. The summed E-state index contributed by atoms with van der Waals surface area (Å²) in [7, 11) is 1.66. The minimum atomic E-state index is -0.166. The lowest BCUT2D eigenvalue weighted by Gasteiger charge is -2.37. The van der Waals surface area contributed by atoms with E-state index in [9.17, 15) is 9.59 Å². The SMILES string of the molecule is C=CC(=O)N1CC[C@H](Cc2cnc3[nH]cc(C(=O)NCC)c3n2)[C@H](OC)C1. The molecule has 1 saturated heterocycles. The van der Waals surface area contributed by atoms with Gasteiger partial charge in [-0.15, -0.1) is 0 Å². The number of carbonyl (C=O) groups excluding carboxylic acids is 2. The molecule has 0 radical (unpaired) electrons. The molecule has 0 saturated carbocycles. The lowest BCUT2D eigenvalue weighted by atomic mass is 9.89. The second-order valence-corrected chi connectivity index (χ2v) is 6.64. The van der Waals surface area contributed by atoms with E-state index in [1.165, 1.54) is 6.08 Å². The van der Waals surface area contributed by atoms with Crippen molar-refractivity contribution in [1.82, 2.24) is 25.2 Å². The Morgan fingerprint density at radius 2 is 2.33 bits per heavy atom. The number of aromatic amines is 1. The van der Waals surface area contributed by atoms with Gasteiger partial charge in [0.15, 0.2) is 5.65 Å². The molecule has 0 bridgehead atoms. The first kappa shape index (κ1) is 19.0. The van der Waals surface area contributed by atoms with E-state index in [0.717, 1.165) is 12.1 Å². The third kappa shape index (κ3) is 4.00. The van der Waals surface area contributed by atoms with Crippen molar-refractivity contribution in [1.29, 1.82) is 0 Å². The minimum Gasteiger partial charge on any atom is -0.379 e. The standard InChI is InChI=1S/C19H25N5O3/c1-4-16(25)24-7-6-12(15(11-24)27-3)8-13-9-21-18-17(23-13)14(10-22-18)19(26)20-5-2/h4,9-10,12,15H,1,5-8,11H2,2-3H3,(H,20,26)(H,21,22)/t12-,15-/m1/s1. The highest BCUT2D eigenvalue weighted by molar-refractivity contribution is 6.04. The molecule has 1 fully saturated rings. The summed E-state index contributed by atoms with van der Waals surface area (Å²) < 4.78 is 5.62. The van der Waals surface area contributed by atoms with Gasteiger partial charge in [-0.25, -0.2) is 9.97 Å². The van der Waals surface area contributed by atoms with Crippen LogP contribution in [0, 0.1) is 5.92 Å². The number of fused-ring (bicyclic) bond motifs is 1. The van der Waals surface area contributed by atoms with E-state index in [2.05, 4.69) is 26.8 Å². The molecule has 3 rings (SSSR count). The Morgan fingerprint density at radius 3 is 3.04 bits per heavy atom. The van der Waals surface area contributed by atoms with Crippen LogP contribution in [0.3, 0.4) is 0 Å². The average molecular weight is 371 g/mol. The molecule has 2 atom stereocenters. The molecule has 1 aliphatic rings. The van der Waals surface area contributed by atoms with Gasteiger partial charge in [-0.3, -0.25) is 9.59 Å². The highest BCUT2D eigenvalue weighted by Crippen LogP contribution is 2.25. The molecule has 2 N–H and O–H groups in total. The van der Waals surface area contributed by atoms with E-state index in [1.54, 1.807) is 24.4 Å². The third-order valence-electron chi connectivity index (χ3n) is 4.97. The van der Waals surface area contributed by atoms with Crippen LogP contribution in [0.2, 0.25) is 0 Å². The van der Waals surface area contributed by atoms with Gasteiger partial charge in [0.25, 0.3) is 5.91 Å². The maximum Gasteiger partial charge on any atom is 0.255 e. The van der Waals surface area contributed by atoms with E-state index in [0.29, 0.717) is 42.8 Å². The summed E-state index contributed by atoms with van der Waals surface area (Å²) in [5.41, 5.74) is 2.47. The largest absolute Gasteiger partial charge is 0.379 e. The predicted molar refractivity (Wildman–Crippen MR) is 101 cm³/mol. The monoisotopic (exact) mass is 371 g/mol. The van der Waals surface area contributed by atoms with Gasteiger partial charge in [0.2, 0.25) is 5.91 Å². The van der Waals surface area contributed by atoms with E-state index in [-0.39, 0.29) is 23.8 Å². The van der Waals surface area contributed by atoms with E-state index < -0.39 is 0 Å². The zero-order valence-electron chi connectivity index (χ0n) is 15.7. The molecule has 1 aliphatic heterocycles. The number of methoxy groups -OCH3 is 1. The second-order valence-electron chi connectivity index (χ2n) is 6.64. The zero-order chi connectivity index (χ0) is 19.4. The van der Waals surface area contributed by atoms with Crippen LogP contribution in [-0.4, -0.2) is 64.5 Å². The number of carbonyl (C=O) groups is 2. The van der Waals surface area contributed by atoms with Crippen molar-refractivity contribution < 1.29 is 14.3 Å². The van der Waals surface area contributed by atoms with Gasteiger partial charge in [0.05, 0.1) is 23.6 Å². The van der Waals surface area contributed by atoms with Crippen LogP contribution in [0.25, 0.3) is 11.2 Å². The number of nitrogens with zero attached hydrogens (tertiary/aromatic N) is 3. The van der Waals surface area contributed by atoms with Crippen LogP contribution in [0.4, 0.5) is 0 Å². The Labute approximate surface area is 158 Å². The number of likely N-dealkylation sites (tertiary alicyclic amines) is 1. The molecule has 0 aliphatic carbocycles. The quantitative estimate of drug-likeness (QED) is 0.746. The number of hydrogen-bond acceptors (Lipinski definition) is 5. The molecule has 2 aromatic rings. The fourth-order valence-corrected chi connectivity index (χ4v) is 3.52. The summed E-state index contributed by atoms with van der Waals surface area (Å²) in [5.74, 6) is -0.0145. The molecule has 2 amide bonds. The van der Waals surface area contributed by atoms with Gasteiger partial charge < -0.3 is 19.9 Å². The Bertz CT molecular complexity index is 847. The summed E-state index contributed by atoms with van der Waals surface area (Å²) >= 11 is 0. The van der Waals surface area contributed by atoms with Crippen LogP contribution in [0.15, 0.2) is 25.0 Å². The van der Waals surface area contributed by atoms with Gasteiger partial charge in [0.1, 0.15) is 5.52 Å². The Morgan fingerprint density at radius 1 is 1.52 bits per heavy atom. The number of rotatable bonds is 6. The van der Waals surface area contributed by atoms with Crippen molar-refractivity contribution in [2.75, 3.05) is 26.7 Å².